The lowest BCUT2D eigenvalue weighted by Crippen LogP contribution is -2.25. The van der Waals surface area contributed by atoms with Gasteiger partial charge in [0.2, 0.25) is 0 Å². The molecule has 8 heteroatoms. The minimum absolute atomic E-state index is 0.0113. The summed E-state index contributed by atoms with van der Waals surface area (Å²) in [6, 6.07) is 2.74. The molecule has 1 aliphatic carbocycles. The minimum atomic E-state index is -0.960. The van der Waals surface area contributed by atoms with Crippen molar-refractivity contribution in [1.82, 2.24) is 5.32 Å². The molecule has 0 saturated heterocycles. The second-order valence-electron chi connectivity index (χ2n) is 5.23. The lowest BCUT2D eigenvalue weighted by molar-refractivity contribution is -0.137. The number of carbonyl (C=O) groups excluding carboxylic acids is 3. The van der Waals surface area contributed by atoms with Crippen molar-refractivity contribution in [2.45, 2.75) is 12.8 Å². The van der Waals surface area contributed by atoms with E-state index in [1.807, 2.05) is 0 Å². The maximum absolute atomic E-state index is 12.3. The number of halogens is 2. The van der Waals surface area contributed by atoms with E-state index >= 15 is 0 Å². The Kier molecular flexibility index (Phi) is 6.12. The Hall–Kier alpha value is -2.44. The number of amides is 1. The zero-order chi connectivity index (χ0) is 18.6. The molecule has 0 aliphatic heterocycles. The monoisotopic (exact) mass is 381 g/mol. The molecule has 0 bridgehead atoms. The molecule has 2 N–H and O–H groups in total. The predicted molar refractivity (Wildman–Crippen MR) is 92.8 cm³/mol. The van der Waals surface area contributed by atoms with Gasteiger partial charge in [-0.3, -0.25) is 19.2 Å². The van der Waals surface area contributed by atoms with Gasteiger partial charge in [-0.05, 0) is 36.8 Å². The van der Waals surface area contributed by atoms with Gasteiger partial charge in [0.15, 0.2) is 11.6 Å². The molecule has 1 aromatic carbocycles. The fourth-order valence-corrected chi connectivity index (χ4v) is 2.72. The fourth-order valence-electron chi connectivity index (χ4n) is 2.21. The van der Waals surface area contributed by atoms with Crippen LogP contribution in [0, 0.1) is 0 Å². The number of hydrogen-bond donors (Lipinski definition) is 2. The molecule has 25 heavy (non-hydrogen) atoms. The highest BCUT2D eigenvalue weighted by atomic mass is 35.5. The van der Waals surface area contributed by atoms with E-state index in [9.17, 15) is 19.2 Å². The van der Waals surface area contributed by atoms with Crippen LogP contribution in [0.3, 0.4) is 0 Å². The summed E-state index contributed by atoms with van der Waals surface area (Å²) in [6.45, 7) is 0.145. The lowest BCUT2D eigenvalue weighted by atomic mass is 9.94. The number of benzene rings is 1. The molecule has 6 nitrogen and oxygen atoms in total. The molecular weight excluding hydrogens is 369 g/mol. The Morgan fingerprint density at radius 3 is 2.52 bits per heavy atom. The summed E-state index contributed by atoms with van der Waals surface area (Å²) in [5, 5.41) is 11.3. The van der Waals surface area contributed by atoms with Gasteiger partial charge in [-0.2, -0.15) is 0 Å². The van der Waals surface area contributed by atoms with Crippen molar-refractivity contribution in [3.05, 3.63) is 51.5 Å². The van der Waals surface area contributed by atoms with Gasteiger partial charge in [0, 0.05) is 29.1 Å². The molecule has 0 saturated carbocycles. The average molecular weight is 382 g/mol. The number of hydrogen-bond acceptors (Lipinski definition) is 4. The maximum Gasteiger partial charge on any atom is 0.303 e. The highest BCUT2D eigenvalue weighted by Crippen LogP contribution is 2.32. The molecule has 0 aromatic heterocycles. The molecular formula is C17H13Cl2NO5. The van der Waals surface area contributed by atoms with Crippen molar-refractivity contribution in [1.29, 1.82) is 0 Å². The van der Waals surface area contributed by atoms with Crippen LogP contribution in [0.5, 0.6) is 0 Å². The topological polar surface area (TPSA) is 101 Å². The zero-order valence-corrected chi connectivity index (χ0v) is 14.4. The van der Waals surface area contributed by atoms with Crippen molar-refractivity contribution < 1.29 is 24.3 Å². The predicted octanol–water partition coefficient (Wildman–Crippen LogP) is 2.68. The molecule has 0 atom stereocenters. The van der Waals surface area contributed by atoms with Crippen LogP contribution < -0.4 is 5.32 Å². The summed E-state index contributed by atoms with van der Waals surface area (Å²) in [6.07, 6.45) is 3.58. The standard InChI is InChI=1S/C17H13Cl2NO5/c18-9-6-12(11-8-10(21)3-4-14(11)22)16(19)13(7-9)17(25)20-5-1-2-15(23)24/h3-4,6-8H,1-2,5H2,(H,20,25)(H,23,24). The van der Waals surface area contributed by atoms with Gasteiger partial charge < -0.3 is 10.4 Å². The van der Waals surface area contributed by atoms with Gasteiger partial charge in [0.1, 0.15) is 0 Å². The Balaban J connectivity index is 2.28. The number of aliphatic carboxylic acids is 1. The molecule has 0 unspecified atom stereocenters. The second-order valence-corrected chi connectivity index (χ2v) is 6.04. The number of carbonyl (C=O) groups is 4. The van der Waals surface area contributed by atoms with Crippen LogP contribution >= 0.6 is 23.2 Å². The first-order valence-electron chi connectivity index (χ1n) is 7.27. The Bertz CT molecular complexity index is 827. The molecule has 0 radical (unpaired) electrons. The number of carboxylic acid groups (broad SMARTS) is 1. The SMILES string of the molecule is O=C1C=CC(=O)C(c2cc(Cl)cc(C(=O)NCCCC(=O)O)c2Cl)=C1. The van der Waals surface area contributed by atoms with E-state index in [0.717, 1.165) is 18.2 Å². The van der Waals surface area contributed by atoms with Crippen molar-refractivity contribution in [2.24, 2.45) is 0 Å². The van der Waals surface area contributed by atoms with Crippen LogP contribution in [-0.4, -0.2) is 35.1 Å². The summed E-state index contributed by atoms with van der Waals surface area (Å²) in [5.41, 5.74) is 0.280. The summed E-state index contributed by atoms with van der Waals surface area (Å²) in [7, 11) is 0. The van der Waals surface area contributed by atoms with E-state index in [0.29, 0.717) is 0 Å². The van der Waals surface area contributed by atoms with Crippen LogP contribution in [0.4, 0.5) is 0 Å². The molecule has 0 heterocycles. The first-order chi connectivity index (χ1) is 11.8. The minimum Gasteiger partial charge on any atom is -0.481 e. The highest BCUT2D eigenvalue weighted by Gasteiger charge is 2.22. The largest absolute Gasteiger partial charge is 0.481 e. The number of nitrogens with one attached hydrogen (secondary N) is 1. The second kappa shape index (κ2) is 8.09. The number of carboxylic acids is 1. The highest BCUT2D eigenvalue weighted by molar-refractivity contribution is 6.42. The summed E-state index contributed by atoms with van der Waals surface area (Å²) in [5.74, 6) is -2.30. The zero-order valence-electron chi connectivity index (χ0n) is 12.8. The first-order valence-corrected chi connectivity index (χ1v) is 8.02. The van der Waals surface area contributed by atoms with E-state index in [1.165, 1.54) is 12.1 Å². The lowest BCUT2D eigenvalue weighted by Gasteiger charge is -2.13. The number of ketones is 2. The van der Waals surface area contributed by atoms with Gasteiger partial charge in [-0.25, -0.2) is 0 Å². The van der Waals surface area contributed by atoms with E-state index in [1.54, 1.807) is 0 Å². The molecule has 1 amide bonds. The van der Waals surface area contributed by atoms with E-state index in [4.69, 9.17) is 28.3 Å². The van der Waals surface area contributed by atoms with Crippen molar-refractivity contribution >= 4 is 52.2 Å². The smallest absolute Gasteiger partial charge is 0.303 e. The Labute approximate surface area is 153 Å². The third-order valence-corrected chi connectivity index (χ3v) is 4.00. The average Bonchev–Trinajstić information content (AvgIpc) is 2.55. The molecule has 0 spiro atoms. The van der Waals surface area contributed by atoms with Crippen LogP contribution in [0.1, 0.15) is 28.8 Å². The summed E-state index contributed by atoms with van der Waals surface area (Å²) in [4.78, 5) is 46.2. The molecule has 1 aromatic rings. The molecule has 2 rings (SSSR count). The Morgan fingerprint density at radius 2 is 1.84 bits per heavy atom. The quantitative estimate of drug-likeness (QED) is 0.582. The van der Waals surface area contributed by atoms with Gasteiger partial charge in [-0.15, -0.1) is 0 Å². The number of allylic oxidation sites excluding steroid dienone is 4. The molecule has 0 fully saturated rings. The van der Waals surface area contributed by atoms with E-state index in [-0.39, 0.29) is 51.9 Å². The van der Waals surface area contributed by atoms with Gasteiger partial charge in [0.05, 0.1) is 10.6 Å². The molecule has 1 aliphatic rings. The van der Waals surface area contributed by atoms with Gasteiger partial charge >= 0.3 is 5.97 Å². The van der Waals surface area contributed by atoms with Crippen LogP contribution in [0.15, 0.2) is 30.4 Å². The van der Waals surface area contributed by atoms with E-state index < -0.39 is 17.7 Å². The van der Waals surface area contributed by atoms with E-state index in [2.05, 4.69) is 5.32 Å². The van der Waals surface area contributed by atoms with Crippen molar-refractivity contribution in [3.63, 3.8) is 0 Å². The number of rotatable bonds is 6. The van der Waals surface area contributed by atoms with Gasteiger partial charge in [0.25, 0.3) is 5.91 Å². The third-order valence-electron chi connectivity index (χ3n) is 3.38. The van der Waals surface area contributed by atoms with Crippen molar-refractivity contribution in [3.8, 4) is 0 Å². The summed E-state index contributed by atoms with van der Waals surface area (Å²) >= 11 is 12.3. The normalized spacial score (nSPS) is 13.6. The third kappa shape index (κ3) is 4.78. The summed E-state index contributed by atoms with van der Waals surface area (Å²) < 4.78 is 0. The van der Waals surface area contributed by atoms with Crippen LogP contribution in [-0.2, 0) is 14.4 Å². The van der Waals surface area contributed by atoms with Crippen LogP contribution in [0.2, 0.25) is 10.0 Å². The van der Waals surface area contributed by atoms with Crippen molar-refractivity contribution in [2.75, 3.05) is 6.54 Å². The first kappa shape index (κ1) is 18.9. The molecule has 130 valence electrons. The van der Waals surface area contributed by atoms with Gasteiger partial charge in [-0.1, -0.05) is 23.2 Å². The fraction of sp³-hybridized carbons (Fsp3) is 0.176. The van der Waals surface area contributed by atoms with Crippen LogP contribution in [0.25, 0.3) is 5.57 Å². The maximum atomic E-state index is 12.3. The Morgan fingerprint density at radius 1 is 1.12 bits per heavy atom.